The fourth-order valence-electron chi connectivity index (χ4n) is 3.49. The van der Waals surface area contributed by atoms with Crippen molar-refractivity contribution < 1.29 is 9.59 Å². The highest BCUT2D eigenvalue weighted by Crippen LogP contribution is 2.13. The van der Waals surface area contributed by atoms with Crippen molar-refractivity contribution in [1.82, 2.24) is 20.9 Å². The van der Waals surface area contributed by atoms with Crippen LogP contribution in [0.15, 0.2) is 54.9 Å². The summed E-state index contributed by atoms with van der Waals surface area (Å²) in [6.45, 7) is 2.72. The van der Waals surface area contributed by atoms with Gasteiger partial charge >= 0.3 is 0 Å². The van der Waals surface area contributed by atoms with Gasteiger partial charge in [0.15, 0.2) is 0 Å². The van der Waals surface area contributed by atoms with E-state index in [9.17, 15) is 9.59 Å². The van der Waals surface area contributed by atoms with Gasteiger partial charge in [-0.25, -0.2) is 0 Å². The number of hydrogen-bond acceptors (Lipinski definition) is 4. The van der Waals surface area contributed by atoms with Crippen LogP contribution in [0.3, 0.4) is 0 Å². The molecule has 2 amide bonds. The molecule has 1 aliphatic rings. The van der Waals surface area contributed by atoms with Gasteiger partial charge < -0.3 is 16.0 Å². The number of piperidine rings is 1. The first-order valence-corrected chi connectivity index (χ1v) is 9.95. The van der Waals surface area contributed by atoms with Gasteiger partial charge in [-0.15, -0.1) is 0 Å². The molecule has 1 saturated heterocycles. The third-order valence-corrected chi connectivity index (χ3v) is 5.07. The van der Waals surface area contributed by atoms with E-state index in [0.717, 1.165) is 25.1 Å². The lowest BCUT2D eigenvalue weighted by atomic mass is 9.96. The van der Waals surface area contributed by atoms with Crippen molar-refractivity contribution in [3.8, 4) is 0 Å². The molecule has 148 valence electrons. The van der Waals surface area contributed by atoms with Gasteiger partial charge in [0.1, 0.15) is 6.04 Å². The first kappa shape index (κ1) is 20.0. The van der Waals surface area contributed by atoms with Crippen LogP contribution in [-0.2, 0) is 11.2 Å². The lowest BCUT2D eigenvalue weighted by molar-refractivity contribution is -0.123. The number of benzene rings is 1. The minimum atomic E-state index is -0.638. The molecule has 0 radical (unpaired) electrons. The zero-order chi connectivity index (χ0) is 19.6. The molecule has 0 saturated carbocycles. The van der Waals surface area contributed by atoms with E-state index >= 15 is 0 Å². The minimum absolute atomic E-state index is 0.156. The third-order valence-electron chi connectivity index (χ3n) is 5.07. The molecule has 2 atom stereocenters. The summed E-state index contributed by atoms with van der Waals surface area (Å²) in [5.74, 6) is 0.197. The van der Waals surface area contributed by atoms with Gasteiger partial charge in [-0.3, -0.25) is 14.6 Å². The molecule has 6 nitrogen and oxygen atoms in total. The molecule has 1 fully saturated rings. The van der Waals surface area contributed by atoms with E-state index in [2.05, 4.69) is 20.9 Å². The molecule has 0 bridgehead atoms. The number of hydrogen-bond donors (Lipinski definition) is 3. The van der Waals surface area contributed by atoms with Crippen molar-refractivity contribution in [2.24, 2.45) is 5.92 Å². The highest BCUT2D eigenvalue weighted by Gasteiger charge is 2.22. The maximum absolute atomic E-state index is 12.8. The number of nitrogens with zero attached hydrogens (tertiary/aromatic N) is 1. The summed E-state index contributed by atoms with van der Waals surface area (Å²) in [7, 11) is 0. The number of aromatic nitrogens is 1. The van der Waals surface area contributed by atoms with Gasteiger partial charge in [0.25, 0.3) is 5.91 Å². The molecule has 0 aliphatic carbocycles. The van der Waals surface area contributed by atoms with Crippen molar-refractivity contribution in [1.29, 1.82) is 0 Å². The van der Waals surface area contributed by atoms with E-state index in [-0.39, 0.29) is 11.8 Å². The standard InChI is InChI=1S/C22H28N4O2/c27-21(19-8-2-1-3-9-19)26-20(14-18-7-5-12-24-16-18)22(28)25-13-10-17-6-4-11-23-15-17/h1-3,5,7-9,12,16-17,20,23H,4,6,10-11,13-15H2,(H,25,28)(H,26,27). The van der Waals surface area contributed by atoms with Gasteiger partial charge in [0.2, 0.25) is 5.91 Å². The Balaban J connectivity index is 1.59. The lowest BCUT2D eigenvalue weighted by Gasteiger charge is -2.23. The van der Waals surface area contributed by atoms with Gasteiger partial charge in [-0.05, 0) is 62.0 Å². The monoisotopic (exact) mass is 380 g/mol. The number of rotatable bonds is 8. The summed E-state index contributed by atoms with van der Waals surface area (Å²) < 4.78 is 0. The number of pyridine rings is 1. The number of carbonyl (C=O) groups is 2. The minimum Gasteiger partial charge on any atom is -0.354 e. The summed E-state index contributed by atoms with van der Waals surface area (Å²) in [5.41, 5.74) is 1.45. The fourth-order valence-corrected chi connectivity index (χ4v) is 3.49. The number of nitrogens with one attached hydrogen (secondary N) is 3. The Morgan fingerprint density at radius 1 is 1.18 bits per heavy atom. The van der Waals surface area contributed by atoms with Crippen LogP contribution in [0.2, 0.25) is 0 Å². The maximum Gasteiger partial charge on any atom is 0.251 e. The van der Waals surface area contributed by atoms with Crippen molar-refractivity contribution >= 4 is 11.8 Å². The van der Waals surface area contributed by atoms with Gasteiger partial charge in [0, 0.05) is 30.9 Å². The molecule has 2 aromatic rings. The summed E-state index contributed by atoms with van der Waals surface area (Å²) in [5, 5.41) is 9.28. The molecule has 2 unspecified atom stereocenters. The van der Waals surface area contributed by atoms with Gasteiger partial charge in [-0.2, -0.15) is 0 Å². The van der Waals surface area contributed by atoms with E-state index in [1.54, 1.807) is 24.5 Å². The quantitative estimate of drug-likeness (QED) is 0.653. The van der Waals surface area contributed by atoms with Crippen molar-refractivity contribution in [3.05, 3.63) is 66.0 Å². The zero-order valence-electron chi connectivity index (χ0n) is 16.1. The normalized spacial score (nSPS) is 17.5. The van der Waals surface area contributed by atoms with Gasteiger partial charge in [-0.1, -0.05) is 24.3 Å². The van der Waals surface area contributed by atoms with Crippen LogP contribution in [0.4, 0.5) is 0 Å². The molecule has 2 heterocycles. The molecular weight excluding hydrogens is 352 g/mol. The Hall–Kier alpha value is -2.73. The molecule has 1 aliphatic heterocycles. The van der Waals surface area contributed by atoms with E-state index in [1.165, 1.54) is 12.8 Å². The first-order valence-electron chi connectivity index (χ1n) is 9.95. The molecule has 3 N–H and O–H groups in total. The average Bonchev–Trinajstić information content (AvgIpc) is 2.75. The maximum atomic E-state index is 12.8. The van der Waals surface area contributed by atoms with Crippen LogP contribution < -0.4 is 16.0 Å². The summed E-state index contributed by atoms with van der Waals surface area (Å²) in [6.07, 6.45) is 7.16. The van der Waals surface area contributed by atoms with Crippen LogP contribution >= 0.6 is 0 Å². The van der Waals surface area contributed by atoms with Crippen molar-refractivity contribution in [2.45, 2.75) is 31.7 Å². The van der Waals surface area contributed by atoms with E-state index in [1.807, 2.05) is 30.3 Å². The van der Waals surface area contributed by atoms with Crippen LogP contribution in [0.25, 0.3) is 0 Å². The average molecular weight is 380 g/mol. The van der Waals surface area contributed by atoms with Crippen LogP contribution in [0.5, 0.6) is 0 Å². The Bertz CT molecular complexity index is 746. The van der Waals surface area contributed by atoms with Crippen molar-refractivity contribution in [3.63, 3.8) is 0 Å². The predicted molar refractivity (Wildman–Crippen MR) is 109 cm³/mol. The second-order valence-electron chi connectivity index (χ2n) is 7.25. The van der Waals surface area contributed by atoms with Crippen LogP contribution in [0.1, 0.15) is 35.2 Å². The Morgan fingerprint density at radius 3 is 2.75 bits per heavy atom. The SMILES string of the molecule is O=C(NC(Cc1cccnc1)C(=O)NCCC1CCCNC1)c1ccccc1. The molecule has 3 rings (SSSR count). The molecule has 6 heteroatoms. The van der Waals surface area contributed by atoms with Crippen molar-refractivity contribution in [2.75, 3.05) is 19.6 Å². The number of amides is 2. The Morgan fingerprint density at radius 2 is 2.04 bits per heavy atom. The largest absolute Gasteiger partial charge is 0.354 e. The molecule has 28 heavy (non-hydrogen) atoms. The second-order valence-corrected chi connectivity index (χ2v) is 7.25. The highest BCUT2D eigenvalue weighted by molar-refractivity contribution is 5.97. The van der Waals surface area contributed by atoms with E-state index in [4.69, 9.17) is 0 Å². The summed E-state index contributed by atoms with van der Waals surface area (Å²) >= 11 is 0. The summed E-state index contributed by atoms with van der Waals surface area (Å²) in [4.78, 5) is 29.5. The lowest BCUT2D eigenvalue weighted by Crippen LogP contribution is -2.48. The van der Waals surface area contributed by atoms with Crippen LogP contribution in [0, 0.1) is 5.92 Å². The second kappa shape index (κ2) is 10.6. The van der Waals surface area contributed by atoms with E-state index in [0.29, 0.717) is 24.4 Å². The smallest absolute Gasteiger partial charge is 0.251 e. The van der Waals surface area contributed by atoms with E-state index < -0.39 is 6.04 Å². The summed E-state index contributed by atoms with van der Waals surface area (Å²) in [6, 6.07) is 12.1. The highest BCUT2D eigenvalue weighted by atomic mass is 16.2. The fraction of sp³-hybridized carbons (Fsp3) is 0.409. The zero-order valence-corrected chi connectivity index (χ0v) is 16.1. The Kier molecular flexibility index (Phi) is 7.55. The molecular formula is C22H28N4O2. The first-order chi connectivity index (χ1) is 13.7. The molecule has 1 aromatic heterocycles. The number of carbonyl (C=O) groups excluding carboxylic acids is 2. The third kappa shape index (κ3) is 6.16. The predicted octanol–water partition coefficient (Wildman–Crippen LogP) is 1.93. The molecule has 0 spiro atoms. The topological polar surface area (TPSA) is 83.1 Å². The van der Waals surface area contributed by atoms with Gasteiger partial charge in [0.05, 0.1) is 0 Å². The molecule has 1 aromatic carbocycles. The Labute approximate surface area is 166 Å². The van der Waals surface area contributed by atoms with Crippen LogP contribution in [-0.4, -0.2) is 42.5 Å².